The number of amides is 1. The number of fused-ring (bicyclic) bond motifs is 1. The Morgan fingerprint density at radius 1 is 1.32 bits per heavy atom. The second kappa shape index (κ2) is 4.53. The average molecular weight is 261 g/mol. The van der Waals surface area contributed by atoms with E-state index in [0.717, 1.165) is 0 Å². The minimum absolute atomic E-state index is 0.0461. The topological polar surface area (TPSA) is 72.3 Å². The van der Waals surface area contributed by atoms with E-state index in [-0.39, 0.29) is 11.6 Å². The molecule has 0 fully saturated rings. The molecule has 2 heterocycles. The van der Waals surface area contributed by atoms with Crippen LogP contribution in [-0.4, -0.2) is 24.8 Å². The summed E-state index contributed by atoms with van der Waals surface area (Å²) in [5, 5.41) is 10.6. The molecule has 6 heteroatoms. The zero-order valence-electron chi connectivity index (χ0n) is 10.7. The van der Waals surface area contributed by atoms with Crippen molar-refractivity contribution in [1.29, 1.82) is 0 Å². The second-order valence-electron chi connectivity index (χ2n) is 4.82. The van der Waals surface area contributed by atoms with Crippen LogP contribution < -0.4 is 14.8 Å². The molecule has 0 bridgehead atoms. The van der Waals surface area contributed by atoms with Crippen LogP contribution >= 0.6 is 0 Å². The van der Waals surface area contributed by atoms with Crippen LogP contribution in [0.15, 0.2) is 28.4 Å². The number of rotatable bonds is 4. The summed E-state index contributed by atoms with van der Waals surface area (Å²) in [6, 6.07) is 5.38. The molecule has 0 saturated heterocycles. The van der Waals surface area contributed by atoms with Gasteiger partial charge in [0.15, 0.2) is 17.2 Å². The predicted molar refractivity (Wildman–Crippen MR) is 68.6 cm³/mol. The molecular formula is C13H15N3O3. The molecule has 0 spiro atoms. The minimum atomic E-state index is -0.329. The molecule has 0 saturated carbocycles. The summed E-state index contributed by atoms with van der Waals surface area (Å²) in [7, 11) is 0. The number of anilines is 1. The minimum Gasteiger partial charge on any atom is -0.486 e. The van der Waals surface area contributed by atoms with Gasteiger partial charge in [-0.2, -0.15) is 10.2 Å². The van der Waals surface area contributed by atoms with Crippen molar-refractivity contribution in [2.75, 3.05) is 18.5 Å². The zero-order chi connectivity index (χ0) is 13.3. The molecule has 0 unspecified atom stereocenters. The fraction of sp³-hybridized carbons (Fsp3) is 0.462. The summed E-state index contributed by atoms with van der Waals surface area (Å²) in [5.41, 5.74) is 0.383. The Morgan fingerprint density at radius 3 is 2.79 bits per heavy atom. The smallest absolute Gasteiger partial charge is 0.224 e. The van der Waals surface area contributed by atoms with Crippen LogP contribution in [0.2, 0.25) is 0 Å². The number of hydrogen-bond acceptors (Lipinski definition) is 5. The Kier molecular flexibility index (Phi) is 2.85. The van der Waals surface area contributed by atoms with Crippen molar-refractivity contribution in [3.8, 4) is 11.5 Å². The molecule has 1 N–H and O–H groups in total. The van der Waals surface area contributed by atoms with Gasteiger partial charge < -0.3 is 14.8 Å². The average Bonchev–Trinajstić information content (AvgIpc) is 3.15. The first-order chi connectivity index (χ1) is 9.15. The molecule has 1 aromatic carbocycles. The number of nitrogens with one attached hydrogen (secondary N) is 1. The molecule has 1 amide bonds. The Morgan fingerprint density at radius 2 is 2.05 bits per heavy atom. The highest BCUT2D eigenvalue weighted by molar-refractivity contribution is 5.91. The first-order valence-corrected chi connectivity index (χ1v) is 6.28. The van der Waals surface area contributed by atoms with Crippen LogP contribution in [0, 0.1) is 0 Å². The molecule has 0 radical (unpaired) electrons. The first kappa shape index (κ1) is 12.0. The number of carbonyl (C=O) groups is 1. The van der Waals surface area contributed by atoms with Crippen molar-refractivity contribution >= 4 is 11.6 Å². The second-order valence-corrected chi connectivity index (χ2v) is 4.82. The van der Waals surface area contributed by atoms with Gasteiger partial charge in [0.2, 0.25) is 5.91 Å². The lowest BCUT2D eigenvalue weighted by Gasteiger charge is -2.19. The molecule has 3 rings (SSSR count). The highest BCUT2D eigenvalue weighted by Crippen LogP contribution is 2.34. The van der Waals surface area contributed by atoms with Crippen molar-refractivity contribution in [1.82, 2.24) is 0 Å². The van der Waals surface area contributed by atoms with E-state index in [4.69, 9.17) is 9.47 Å². The fourth-order valence-electron chi connectivity index (χ4n) is 1.88. The highest BCUT2D eigenvalue weighted by Gasteiger charge is 2.33. The summed E-state index contributed by atoms with van der Waals surface area (Å²) in [5.74, 6) is 1.34. The molecule has 0 aromatic heterocycles. The van der Waals surface area contributed by atoms with E-state index < -0.39 is 0 Å². The largest absolute Gasteiger partial charge is 0.486 e. The lowest BCUT2D eigenvalue weighted by molar-refractivity contribution is -0.116. The van der Waals surface area contributed by atoms with Gasteiger partial charge in [-0.25, -0.2) is 0 Å². The molecule has 6 nitrogen and oxygen atoms in total. The fourth-order valence-corrected chi connectivity index (χ4v) is 1.88. The SMILES string of the molecule is CC1(CCC(=O)Nc2ccc3c(c2)OCCO3)N=N1. The number of hydrogen-bond donors (Lipinski definition) is 1. The lowest BCUT2D eigenvalue weighted by atomic mass is 10.1. The van der Waals surface area contributed by atoms with Crippen LogP contribution in [0.1, 0.15) is 19.8 Å². The Balaban J connectivity index is 1.58. The van der Waals surface area contributed by atoms with Gasteiger partial charge in [-0.3, -0.25) is 4.79 Å². The van der Waals surface area contributed by atoms with Gasteiger partial charge in [-0.15, -0.1) is 0 Å². The number of nitrogens with zero attached hydrogens (tertiary/aromatic N) is 2. The molecule has 100 valence electrons. The number of benzene rings is 1. The molecular weight excluding hydrogens is 246 g/mol. The normalized spacial score (nSPS) is 17.9. The van der Waals surface area contributed by atoms with Crippen molar-refractivity contribution in [3.05, 3.63) is 18.2 Å². The molecule has 2 aliphatic heterocycles. The third-order valence-corrected chi connectivity index (χ3v) is 3.09. The molecule has 1 aromatic rings. The maximum absolute atomic E-state index is 11.8. The monoisotopic (exact) mass is 261 g/mol. The first-order valence-electron chi connectivity index (χ1n) is 6.28. The Hall–Kier alpha value is -2.11. The maximum Gasteiger partial charge on any atom is 0.224 e. The predicted octanol–water partition coefficient (Wildman–Crippen LogP) is 2.36. The third-order valence-electron chi connectivity index (χ3n) is 3.09. The van der Waals surface area contributed by atoms with E-state index in [9.17, 15) is 4.79 Å². The van der Waals surface area contributed by atoms with Gasteiger partial charge >= 0.3 is 0 Å². The summed E-state index contributed by atoms with van der Waals surface area (Å²) in [6.45, 7) is 3.00. The van der Waals surface area contributed by atoms with Crippen LogP contribution in [0.3, 0.4) is 0 Å². The van der Waals surface area contributed by atoms with Gasteiger partial charge in [0.05, 0.1) is 0 Å². The van der Waals surface area contributed by atoms with E-state index in [1.54, 1.807) is 18.2 Å². The van der Waals surface area contributed by atoms with Gasteiger partial charge in [-0.05, 0) is 19.1 Å². The summed E-state index contributed by atoms with van der Waals surface area (Å²) < 4.78 is 10.9. The van der Waals surface area contributed by atoms with Crippen molar-refractivity contribution < 1.29 is 14.3 Å². The van der Waals surface area contributed by atoms with Gasteiger partial charge in [0.1, 0.15) is 13.2 Å². The van der Waals surface area contributed by atoms with Crippen LogP contribution in [0.5, 0.6) is 11.5 Å². The zero-order valence-corrected chi connectivity index (χ0v) is 10.7. The molecule has 19 heavy (non-hydrogen) atoms. The van der Waals surface area contributed by atoms with E-state index in [2.05, 4.69) is 15.5 Å². The van der Waals surface area contributed by atoms with Crippen LogP contribution in [0.4, 0.5) is 5.69 Å². The highest BCUT2D eigenvalue weighted by atomic mass is 16.6. The van der Waals surface area contributed by atoms with Crippen LogP contribution in [-0.2, 0) is 4.79 Å². The summed E-state index contributed by atoms with van der Waals surface area (Å²) in [4.78, 5) is 11.8. The molecule has 0 atom stereocenters. The van der Waals surface area contributed by atoms with Crippen molar-refractivity contribution in [2.24, 2.45) is 10.2 Å². The van der Waals surface area contributed by atoms with E-state index in [0.29, 0.717) is 43.2 Å². The molecule has 0 aliphatic carbocycles. The van der Waals surface area contributed by atoms with E-state index in [1.807, 2.05) is 6.92 Å². The summed E-state index contributed by atoms with van der Waals surface area (Å²) in [6.07, 6.45) is 1.04. The number of carbonyl (C=O) groups excluding carboxylic acids is 1. The number of ether oxygens (including phenoxy) is 2. The lowest BCUT2D eigenvalue weighted by Crippen LogP contribution is -2.17. The Bertz CT molecular complexity index is 536. The van der Waals surface area contributed by atoms with E-state index >= 15 is 0 Å². The molecule has 2 aliphatic rings. The van der Waals surface area contributed by atoms with Crippen molar-refractivity contribution in [3.63, 3.8) is 0 Å². The summed E-state index contributed by atoms with van der Waals surface area (Å²) >= 11 is 0. The van der Waals surface area contributed by atoms with Gasteiger partial charge in [0, 0.05) is 24.6 Å². The Labute approximate surface area is 110 Å². The van der Waals surface area contributed by atoms with Gasteiger partial charge in [0.25, 0.3) is 0 Å². The van der Waals surface area contributed by atoms with Crippen molar-refractivity contribution in [2.45, 2.75) is 25.4 Å². The van der Waals surface area contributed by atoms with Gasteiger partial charge in [-0.1, -0.05) is 0 Å². The van der Waals surface area contributed by atoms with Crippen LogP contribution in [0.25, 0.3) is 0 Å². The standard InChI is InChI=1S/C13H15N3O3/c1-13(15-16-13)5-4-12(17)14-9-2-3-10-11(8-9)19-7-6-18-10/h2-3,8H,4-7H2,1H3,(H,14,17). The van der Waals surface area contributed by atoms with E-state index in [1.165, 1.54) is 0 Å². The quantitative estimate of drug-likeness (QED) is 0.904. The maximum atomic E-state index is 11.8. The third kappa shape index (κ3) is 2.83.